The summed E-state index contributed by atoms with van der Waals surface area (Å²) in [6, 6.07) is 0. The third-order valence-corrected chi connectivity index (χ3v) is 16.5. The van der Waals surface area contributed by atoms with Gasteiger partial charge in [0, 0.05) is 24.8 Å². The Morgan fingerprint density at radius 2 is 0.346 bits per heavy atom. The van der Waals surface area contributed by atoms with Gasteiger partial charge in [-0.25, -0.2) is 0 Å². The molecule has 81 heavy (non-hydrogen) atoms. The third kappa shape index (κ3) is 83.4. The molecule has 0 spiro atoms. The first-order valence-corrected chi connectivity index (χ1v) is 36.0. The summed E-state index contributed by atoms with van der Waals surface area (Å²) < 4.78 is 10.8. The second-order valence-electron chi connectivity index (χ2n) is 24.7. The van der Waals surface area contributed by atoms with E-state index in [1.165, 1.54) is 321 Å². The second kappa shape index (κ2) is 77.2. The minimum Gasteiger partial charge on any atom is -0.550 e. The van der Waals surface area contributed by atoms with Crippen LogP contribution in [0, 0.1) is 0 Å². The zero-order valence-corrected chi connectivity index (χ0v) is 56.9. The molecular weight excluding hydrogens is 1030 g/mol. The molecule has 0 saturated heterocycles. The van der Waals surface area contributed by atoms with Gasteiger partial charge in [0.05, 0.1) is 13.2 Å². The van der Waals surface area contributed by atoms with Gasteiger partial charge in [-0.3, -0.25) is 9.59 Å². The minimum absolute atomic E-state index is 0. The molecule has 8 nitrogen and oxygen atoms in total. The molecule has 0 aromatic carbocycles. The van der Waals surface area contributed by atoms with Crippen molar-refractivity contribution in [2.75, 3.05) is 13.2 Å². The van der Waals surface area contributed by atoms with Gasteiger partial charge < -0.3 is 29.3 Å². The molecule has 0 N–H and O–H groups in total. The van der Waals surface area contributed by atoms with E-state index in [0.29, 0.717) is 26.1 Å². The number of esters is 2. The van der Waals surface area contributed by atoms with Crippen LogP contribution in [0.15, 0.2) is 0 Å². The number of carbonyl (C=O) groups is 4. The second-order valence-corrected chi connectivity index (χ2v) is 24.7. The maximum absolute atomic E-state index is 11.9. The van der Waals surface area contributed by atoms with Crippen molar-refractivity contribution in [3.63, 3.8) is 0 Å². The summed E-state index contributed by atoms with van der Waals surface area (Å²) >= 11 is 0. The van der Waals surface area contributed by atoms with E-state index in [1.807, 2.05) is 0 Å². The largest absolute Gasteiger partial charge is 2.00 e. The maximum atomic E-state index is 11.9. The van der Waals surface area contributed by atoms with Crippen molar-refractivity contribution < 1.29 is 38.9 Å². The number of unbranched alkanes of at least 4 members (excludes halogenated alkanes) is 56. The monoisotopic (exact) mass is 1170 g/mol. The van der Waals surface area contributed by atoms with Gasteiger partial charge in [-0.15, -0.1) is 0 Å². The van der Waals surface area contributed by atoms with E-state index in [-0.39, 0.29) is 62.5 Å². The molecule has 0 atom stereocenters. The van der Waals surface area contributed by atoms with Crippen molar-refractivity contribution in [2.24, 2.45) is 0 Å². The molecule has 0 aromatic heterocycles. The summed E-state index contributed by atoms with van der Waals surface area (Å²) in [6.07, 6.45) is 78.6. The molecule has 0 fully saturated rings. The van der Waals surface area contributed by atoms with Crippen LogP contribution in [0.5, 0.6) is 0 Å². The quantitative estimate of drug-likeness (QED) is 0.0334. The van der Waals surface area contributed by atoms with Gasteiger partial charge in [-0.05, 0) is 51.4 Å². The Kier molecular flexibility index (Phi) is 80.3. The predicted molar refractivity (Wildman–Crippen MR) is 345 cm³/mol. The Bertz CT molecular complexity index is 1140. The van der Waals surface area contributed by atoms with Crippen LogP contribution < -0.4 is 10.2 Å². The molecular formula is C72H138CaO8. The van der Waals surface area contributed by atoms with Crippen molar-refractivity contribution in [3.05, 3.63) is 0 Å². The summed E-state index contributed by atoms with van der Waals surface area (Å²) in [6.45, 7) is 5.78. The van der Waals surface area contributed by atoms with Gasteiger partial charge >= 0.3 is 49.7 Å². The van der Waals surface area contributed by atoms with Gasteiger partial charge in [0.2, 0.25) is 0 Å². The Labute approximate surface area is 534 Å². The zero-order valence-electron chi connectivity index (χ0n) is 54.6. The van der Waals surface area contributed by atoms with E-state index in [4.69, 9.17) is 9.47 Å². The number of hydrogen-bond acceptors (Lipinski definition) is 8. The molecule has 0 aliphatic rings. The van der Waals surface area contributed by atoms with Crippen LogP contribution in [0.25, 0.3) is 0 Å². The topological polar surface area (TPSA) is 133 Å². The summed E-state index contributed by atoms with van der Waals surface area (Å²) in [5.41, 5.74) is 0. The van der Waals surface area contributed by atoms with Crippen LogP contribution in [0.1, 0.15) is 425 Å². The van der Waals surface area contributed by atoms with Crippen molar-refractivity contribution >= 4 is 61.6 Å². The standard InChI is InChI=1S/2C36H70O4.Ca/c2*1-2-3-4-5-6-7-8-9-11-15-18-21-24-27-30-33-36(39)40-34-31-28-25-22-19-16-13-10-12-14-17-20-23-26-29-32-35(37)38;/h2*2-34H2,1H3,(H,37,38);/q;;+2/p-2. The summed E-state index contributed by atoms with van der Waals surface area (Å²) in [5.74, 6) is -1.82. The molecule has 0 aromatic rings. The van der Waals surface area contributed by atoms with Crippen LogP contribution in [0.3, 0.4) is 0 Å². The van der Waals surface area contributed by atoms with Crippen LogP contribution in [0.4, 0.5) is 0 Å². The van der Waals surface area contributed by atoms with Crippen LogP contribution in [-0.4, -0.2) is 74.8 Å². The summed E-state index contributed by atoms with van der Waals surface area (Å²) in [5, 5.41) is 20.7. The number of carboxylic acids is 2. The molecule has 0 heterocycles. The Morgan fingerprint density at radius 1 is 0.210 bits per heavy atom. The smallest absolute Gasteiger partial charge is 0.550 e. The Hall–Kier alpha value is -0.860. The minimum atomic E-state index is -0.915. The number of carboxylic acid groups (broad SMARTS) is 2. The molecule has 476 valence electrons. The first-order chi connectivity index (χ1) is 39.3. The van der Waals surface area contributed by atoms with E-state index in [2.05, 4.69) is 13.8 Å². The normalized spacial score (nSPS) is 11.1. The predicted octanol–water partition coefficient (Wildman–Crippen LogP) is 21.2. The fraction of sp³-hybridized carbons (Fsp3) is 0.944. The third-order valence-electron chi connectivity index (χ3n) is 16.5. The van der Waals surface area contributed by atoms with Gasteiger partial charge in [-0.1, -0.05) is 361 Å². The van der Waals surface area contributed by atoms with Crippen molar-refractivity contribution in [2.45, 2.75) is 425 Å². The number of ether oxygens (including phenoxy) is 2. The number of hydrogen-bond donors (Lipinski definition) is 0. The average molecular weight is 1170 g/mol. The molecule has 0 aliphatic carbocycles. The fourth-order valence-electron chi connectivity index (χ4n) is 11.1. The van der Waals surface area contributed by atoms with E-state index < -0.39 is 11.9 Å². The SMILES string of the molecule is CCCCCCCCCCCCCCCCCC(=O)OCCCCCCCCCCCCCCCCCC(=O)[O-].CCCCCCCCCCCCCCCCCC(=O)OCCCCCCCCCCCCCCCCCC(=O)[O-].[Ca+2]. The van der Waals surface area contributed by atoms with Crippen molar-refractivity contribution in [1.29, 1.82) is 0 Å². The van der Waals surface area contributed by atoms with Gasteiger partial charge in [0.1, 0.15) is 0 Å². The number of carbonyl (C=O) groups excluding carboxylic acids is 4. The molecule has 0 aliphatic heterocycles. The Balaban J connectivity index is -0.00000148. The van der Waals surface area contributed by atoms with Gasteiger partial charge in [0.15, 0.2) is 0 Å². The van der Waals surface area contributed by atoms with E-state index in [1.54, 1.807) is 0 Å². The number of aliphatic carboxylic acids is 2. The molecule has 9 heteroatoms. The van der Waals surface area contributed by atoms with Crippen LogP contribution >= 0.6 is 0 Å². The average Bonchev–Trinajstić information content (AvgIpc) is 3.44. The molecule has 0 saturated carbocycles. The number of rotatable bonds is 68. The zero-order chi connectivity index (χ0) is 58.4. The summed E-state index contributed by atoms with van der Waals surface area (Å²) in [4.78, 5) is 44.5. The van der Waals surface area contributed by atoms with Crippen molar-refractivity contribution in [3.8, 4) is 0 Å². The van der Waals surface area contributed by atoms with E-state index in [9.17, 15) is 29.4 Å². The first kappa shape index (κ1) is 84.3. The molecule has 0 radical (unpaired) electrons. The maximum Gasteiger partial charge on any atom is 2.00 e. The van der Waals surface area contributed by atoms with Gasteiger partial charge in [-0.2, -0.15) is 0 Å². The van der Waals surface area contributed by atoms with Crippen LogP contribution in [0.2, 0.25) is 0 Å². The van der Waals surface area contributed by atoms with Crippen molar-refractivity contribution in [1.82, 2.24) is 0 Å². The van der Waals surface area contributed by atoms with E-state index >= 15 is 0 Å². The summed E-state index contributed by atoms with van der Waals surface area (Å²) in [7, 11) is 0. The molecule has 0 rings (SSSR count). The first-order valence-electron chi connectivity index (χ1n) is 36.0. The van der Waals surface area contributed by atoms with Crippen LogP contribution in [-0.2, 0) is 28.7 Å². The molecule has 0 amide bonds. The van der Waals surface area contributed by atoms with E-state index in [0.717, 1.165) is 64.2 Å². The molecule has 0 unspecified atom stereocenters. The Morgan fingerprint density at radius 3 is 0.506 bits per heavy atom. The fourth-order valence-corrected chi connectivity index (χ4v) is 11.1. The molecule has 0 bridgehead atoms. The van der Waals surface area contributed by atoms with Gasteiger partial charge in [0.25, 0.3) is 0 Å².